The maximum absolute atomic E-state index is 13.6. The lowest BCUT2D eigenvalue weighted by atomic mass is 10.0. The van der Waals surface area contributed by atoms with Crippen molar-refractivity contribution >= 4 is 35.5 Å². The number of hydrogen-bond donors (Lipinski definition) is 6. The summed E-state index contributed by atoms with van der Waals surface area (Å²) in [6.07, 6.45) is 15.2. The van der Waals surface area contributed by atoms with Gasteiger partial charge in [0.05, 0.1) is 12.0 Å². The first-order chi connectivity index (χ1) is 27.2. The Kier molecular flexibility index (Phi) is 19.8. The summed E-state index contributed by atoms with van der Waals surface area (Å²) in [5, 5.41) is 47.0. The fraction of sp³-hybridized carbons (Fsp3) is 0.659. The molecule has 6 N–H and O–H groups in total. The number of phenols is 2. The highest BCUT2D eigenvalue weighted by Gasteiger charge is 2.42. The number of ether oxygens (including phenoxy) is 2. The number of nitrogens with zero attached hydrogens (tertiary/aromatic N) is 3. The van der Waals surface area contributed by atoms with Gasteiger partial charge in [0, 0.05) is 19.5 Å². The number of para-hydroxylation sites is 1. The summed E-state index contributed by atoms with van der Waals surface area (Å²) in [5.74, 6) is -4.05. The monoisotopic (exact) mass is 801 g/mol. The first-order valence-corrected chi connectivity index (χ1v) is 20.4. The number of phenolic OH excluding ortho intramolecular Hbond substituents is 2. The number of esters is 1. The molecule has 2 aliphatic heterocycles. The number of aliphatic imine (C=N–C) groups is 1. The minimum atomic E-state index is -1.53. The highest BCUT2D eigenvalue weighted by molar-refractivity contribution is 6.02. The van der Waals surface area contributed by atoms with Gasteiger partial charge < -0.3 is 30.3 Å². The molecule has 3 rings (SSSR count). The molecule has 2 aliphatic rings. The van der Waals surface area contributed by atoms with Gasteiger partial charge >= 0.3 is 5.97 Å². The molecule has 1 saturated heterocycles. The molecule has 0 spiro atoms. The summed E-state index contributed by atoms with van der Waals surface area (Å²) in [5.41, 5.74) is -1.45. The van der Waals surface area contributed by atoms with Crippen molar-refractivity contribution in [3.05, 3.63) is 35.9 Å². The second kappa shape index (κ2) is 24.2. The molecule has 1 aromatic carbocycles. The highest BCUT2D eigenvalue weighted by Crippen LogP contribution is 2.32. The van der Waals surface area contributed by atoms with Crippen LogP contribution < -0.4 is 10.6 Å². The summed E-state index contributed by atoms with van der Waals surface area (Å²) in [6, 6.07) is 2.10. The van der Waals surface area contributed by atoms with Crippen molar-refractivity contribution in [1.29, 1.82) is 0 Å². The van der Waals surface area contributed by atoms with Gasteiger partial charge in [-0.2, -0.15) is 0 Å². The molecular weight excluding hydrogens is 738 g/mol. The van der Waals surface area contributed by atoms with Gasteiger partial charge in [0.15, 0.2) is 17.0 Å². The van der Waals surface area contributed by atoms with E-state index in [1.54, 1.807) is 0 Å². The lowest BCUT2D eigenvalue weighted by Gasteiger charge is -2.25. The zero-order valence-electron chi connectivity index (χ0n) is 33.7. The van der Waals surface area contributed by atoms with Crippen LogP contribution in [0.5, 0.6) is 11.5 Å². The second-order valence-electron chi connectivity index (χ2n) is 15.1. The molecule has 1 aromatic rings. The molecule has 16 nitrogen and oxygen atoms in total. The third-order valence-corrected chi connectivity index (χ3v) is 10.0. The molecular formula is C41H63N5O11. The maximum atomic E-state index is 13.6. The summed E-state index contributed by atoms with van der Waals surface area (Å²) in [4.78, 5) is 69.2. The van der Waals surface area contributed by atoms with E-state index in [-0.39, 0.29) is 50.4 Å². The van der Waals surface area contributed by atoms with Crippen LogP contribution in [-0.4, -0.2) is 110 Å². The summed E-state index contributed by atoms with van der Waals surface area (Å²) < 4.78 is 11.2. The average molecular weight is 802 g/mol. The number of rotatable bonds is 24. The minimum absolute atomic E-state index is 0.0107. The maximum Gasteiger partial charge on any atom is 0.328 e. The van der Waals surface area contributed by atoms with E-state index in [1.807, 2.05) is 0 Å². The number of carbonyl (C=O) groups is 5. The third kappa shape index (κ3) is 15.6. The van der Waals surface area contributed by atoms with Crippen LogP contribution in [-0.2, 0) is 33.4 Å². The Morgan fingerprint density at radius 2 is 1.77 bits per heavy atom. The molecule has 4 amide bonds. The quantitative estimate of drug-likeness (QED) is 0.0199. The Bertz CT molecular complexity index is 1550. The van der Waals surface area contributed by atoms with Crippen molar-refractivity contribution in [1.82, 2.24) is 20.8 Å². The van der Waals surface area contributed by atoms with Crippen LogP contribution in [0.4, 0.5) is 0 Å². The topological polar surface area (TPSA) is 228 Å². The lowest BCUT2D eigenvalue weighted by Crippen LogP contribution is -2.52. The number of carbonyl (C=O) groups excluding carboxylic acids is 5. The van der Waals surface area contributed by atoms with E-state index in [2.05, 4.69) is 34.7 Å². The van der Waals surface area contributed by atoms with Gasteiger partial charge in [-0.25, -0.2) is 19.9 Å². The second-order valence-corrected chi connectivity index (χ2v) is 15.1. The first-order valence-electron chi connectivity index (χ1n) is 20.4. The summed E-state index contributed by atoms with van der Waals surface area (Å²) in [6.45, 7) is 5.13. The fourth-order valence-electron chi connectivity index (χ4n) is 6.53. The van der Waals surface area contributed by atoms with Gasteiger partial charge in [-0.15, -0.1) is 0 Å². The van der Waals surface area contributed by atoms with E-state index in [9.17, 15) is 44.6 Å². The van der Waals surface area contributed by atoms with Crippen molar-refractivity contribution in [2.24, 2.45) is 4.99 Å². The smallest absolute Gasteiger partial charge is 0.328 e. The van der Waals surface area contributed by atoms with Crippen molar-refractivity contribution in [3.8, 4) is 11.5 Å². The zero-order chi connectivity index (χ0) is 41.8. The molecule has 1 fully saturated rings. The van der Waals surface area contributed by atoms with Gasteiger partial charge in [-0.3, -0.25) is 29.6 Å². The van der Waals surface area contributed by atoms with Crippen LogP contribution in [0.15, 0.2) is 35.3 Å². The molecule has 0 aliphatic carbocycles. The van der Waals surface area contributed by atoms with Gasteiger partial charge in [-0.05, 0) is 90.2 Å². The first kappa shape index (κ1) is 46.7. The van der Waals surface area contributed by atoms with E-state index in [0.29, 0.717) is 48.7 Å². The Hall–Kier alpha value is -4.70. The predicted molar refractivity (Wildman–Crippen MR) is 210 cm³/mol. The average Bonchev–Trinajstić information content (AvgIpc) is 3.51. The number of hydroxylamine groups is 4. The number of nitrogens with one attached hydrogen (secondary N) is 2. The molecule has 4 atom stereocenters. The predicted octanol–water partition coefficient (Wildman–Crippen LogP) is 5.19. The summed E-state index contributed by atoms with van der Waals surface area (Å²) >= 11 is 0. The molecule has 0 saturated carbocycles. The Labute approximate surface area is 335 Å². The molecule has 16 heteroatoms. The molecule has 318 valence electrons. The van der Waals surface area contributed by atoms with Crippen molar-refractivity contribution < 1.29 is 54.1 Å². The van der Waals surface area contributed by atoms with Gasteiger partial charge in [0.2, 0.25) is 17.7 Å². The largest absolute Gasteiger partial charge is 0.504 e. The third-order valence-electron chi connectivity index (χ3n) is 10.0. The molecule has 0 radical (unpaired) electrons. The SMILES string of the molecule is CCCCCCCC/C=C\CCCC(=O)N(O)CCCCC(NC(=O)C1(C)COC(c2cccc(O)c2O)=N1)C(=O)OC(C)CC(=O)NC1CCCCN(O)C1=O. The van der Waals surface area contributed by atoms with Crippen molar-refractivity contribution in [2.75, 3.05) is 19.7 Å². The van der Waals surface area contributed by atoms with E-state index in [4.69, 9.17) is 9.47 Å². The molecule has 2 heterocycles. The standard InChI is InChI=1S/C41H63N5O11/c1-4-5-6-7-8-9-10-11-12-13-14-24-35(49)45(54)25-17-16-22-32(39(52)57-29(2)27-34(48)42-31-21-15-18-26-46(55)38(31)51)43-40(53)41(3)28-56-37(44-41)30-20-19-23-33(47)36(30)50/h11-12,19-20,23,29,31-32,47,50,54-55H,4-10,13-18,21-22,24-28H2,1-3H3,(H,42,48)(H,43,53)/b12-11-. The van der Waals surface area contributed by atoms with Crippen LogP contribution in [0.1, 0.15) is 135 Å². The van der Waals surface area contributed by atoms with Crippen molar-refractivity contribution in [2.45, 2.75) is 154 Å². The van der Waals surface area contributed by atoms with Crippen LogP contribution in [0.3, 0.4) is 0 Å². The van der Waals surface area contributed by atoms with Gasteiger partial charge in [0.25, 0.3) is 11.8 Å². The van der Waals surface area contributed by atoms with Crippen molar-refractivity contribution in [3.63, 3.8) is 0 Å². The Morgan fingerprint density at radius 1 is 1.05 bits per heavy atom. The number of benzene rings is 1. The molecule has 4 unspecified atom stereocenters. The van der Waals surface area contributed by atoms with E-state index in [0.717, 1.165) is 19.3 Å². The minimum Gasteiger partial charge on any atom is -0.504 e. The van der Waals surface area contributed by atoms with E-state index < -0.39 is 64.8 Å². The number of amides is 4. The van der Waals surface area contributed by atoms with Gasteiger partial charge in [-0.1, -0.05) is 57.2 Å². The Morgan fingerprint density at radius 3 is 2.53 bits per heavy atom. The normalized spacial score (nSPS) is 19.3. The summed E-state index contributed by atoms with van der Waals surface area (Å²) in [7, 11) is 0. The van der Waals surface area contributed by atoms with Crippen LogP contribution >= 0.6 is 0 Å². The fourth-order valence-corrected chi connectivity index (χ4v) is 6.53. The van der Waals surface area contributed by atoms with Crippen LogP contribution in [0.25, 0.3) is 0 Å². The number of unbranched alkanes of at least 4 members (excludes halogenated alkanes) is 8. The number of hydrogen-bond acceptors (Lipinski definition) is 12. The van der Waals surface area contributed by atoms with Gasteiger partial charge in [0.1, 0.15) is 24.8 Å². The highest BCUT2D eigenvalue weighted by atomic mass is 16.5. The number of allylic oxidation sites excluding steroid dienone is 2. The van der Waals surface area contributed by atoms with Crippen LogP contribution in [0, 0.1) is 0 Å². The van der Waals surface area contributed by atoms with Crippen LogP contribution in [0.2, 0.25) is 0 Å². The Balaban J connectivity index is 1.55. The molecule has 57 heavy (non-hydrogen) atoms. The molecule has 0 bridgehead atoms. The zero-order valence-corrected chi connectivity index (χ0v) is 33.7. The number of aromatic hydroxyl groups is 2. The lowest BCUT2D eigenvalue weighted by molar-refractivity contribution is -0.167. The van der Waals surface area contributed by atoms with E-state index in [1.165, 1.54) is 64.2 Å². The molecule has 0 aromatic heterocycles. The van der Waals surface area contributed by atoms with E-state index >= 15 is 0 Å².